The van der Waals surface area contributed by atoms with E-state index in [9.17, 15) is 14.7 Å². The molecule has 0 aliphatic carbocycles. The fraction of sp³-hybridized carbons (Fsp3) is 0.600. The Balaban J connectivity index is 2.84. The lowest BCUT2D eigenvalue weighted by atomic mass is 10.2. The van der Waals surface area contributed by atoms with Crippen molar-refractivity contribution >= 4 is 15.9 Å². The van der Waals surface area contributed by atoms with Crippen molar-refractivity contribution in [1.82, 2.24) is 9.55 Å². The Hall–Kier alpha value is -0.960. The number of ether oxygens (including phenoxy) is 1. The van der Waals surface area contributed by atoms with E-state index in [1.165, 1.54) is 12.3 Å². The first-order chi connectivity index (χ1) is 8.49. The number of aromatic amines is 1. The highest BCUT2D eigenvalue weighted by Crippen LogP contribution is 2.11. The van der Waals surface area contributed by atoms with Crippen molar-refractivity contribution in [2.75, 3.05) is 11.9 Å². The van der Waals surface area contributed by atoms with Crippen LogP contribution in [-0.2, 0) is 4.74 Å². The highest BCUT2D eigenvalue weighted by Gasteiger charge is 2.21. The highest BCUT2D eigenvalue weighted by atomic mass is 79.9. The van der Waals surface area contributed by atoms with E-state index in [0.29, 0.717) is 0 Å². The third-order valence-corrected chi connectivity index (χ3v) is 3.05. The van der Waals surface area contributed by atoms with Gasteiger partial charge in [-0.3, -0.25) is 14.3 Å². The predicted molar refractivity (Wildman–Crippen MR) is 67.8 cm³/mol. The number of halogens is 1. The van der Waals surface area contributed by atoms with E-state index < -0.39 is 29.7 Å². The van der Waals surface area contributed by atoms with Crippen LogP contribution in [0.2, 0.25) is 0 Å². The number of aromatic nitrogens is 2. The number of hydrogen-bond acceptors (Lipinski definition) is 5. The zero-order valence-corrected chi connectivity index (χ0v) is 11.3. The summed E-state index contributed by atoms with van der Waals surface area (Å²) in [7, 11) is 0. The van der Waals surface area contributed by atoms with Crippen LogP contribution in [0.1, 0.15) is 13.2 Å². The minimum atomic E-state index is -0.893. The summed E-state index contributed by atoms with van der Waals surface area (Å²) in [5, 5.41) is 18.9. The van der Waals surface area contributed by atoms with E-state index in [1.807, 2.05) is 0 Å². The maximum Gasteiger partial charge on any atom is 0.330 e. The molecule has 1 unspecified atom stereocenters. The van der Waals surface area contributed by atoms with Gasteiger partial charge in [-0.1, -0.05) is 15.9 Å². The van der Waals surface area contributed by atoms with Crippen LogP contribution in [0.4, 0.5) is 0 Å². The van der Waals surface area contributed by atoms with E-state index in [2.05, 4.69) is 20.9 Å². The SMILES string of the molecule is C[C@@H](OC(CO)[C@H](O)CBr)n1ccc(=O)[nH]c1=O. The van der Waals surface area contributed by atoms with Crippen LogP contribution in [0.25, 0.3) is 0 Å². The molecule has 0 saturated carbocycles. The highest BCUT2D eigenvalue weighted by molar-refractivity contribution is 9.09. The lowest BCUT2D eigenvalue weighted by Crippen LogP contribution is -2.38. The molecular formula is C10H15BrN2O5. The van der Waals surface area contributed by atoms with Crippen molar-refractivity contribution in [2.24, 2.45) is 0 Å². The topological polar surface area (TPSA) is 105 Å². The Morgan fingerprint density at radius 3 is 2.72 bits per heavy atom. The summed E-state index contributed by atoms with van der Waals surface area (Å²) in [6, 6.07) is 1.19. The number of nitrogens with one attached hydrogen (secondary N) is 1. The van der Waals surface area contributed by atoms with Gasteiger partial charge in [-0.25, -0.2) is 4.79 Å². The number of aliphatic hydroxyl groups excluding tert-OH is 2. The molecule has 0 spiro atoms. The largest absolute Gasteiger partial charge is 0.394 e. The molecule has 0 amide bonds. The fourth-order valence-electron chi connectivity index (χ4n) is 1.39. The zero-order chi connectivity index (χ0) is 13.7. The summed E-state index contributed by atoms with van der Waals surface area (Å²) >= 11 is 3.07. The minimum absolute atomic E-state index is 0.242. The molecule has 1 aromatic rings. The van der Waals surface area contributed by atoms with Crippen molar-refractivity contribution < 1.29 is 14.9 Å². The molecule has 7 nitrogen and oxygen atoms in total. The van der Waals surface area contributed by atoms with Gasteiger partial charge in [0.2, 0.25) is 0 Å². The van der Waals surface area contributed by atoms with Crippen LogP contribution in [0.5, 0.6) is 0 Å². The second kappa shape index (κ2) is 6.83. The van der Waals surface area contributed by atoms with Gasteiger partial charge >= 0.3 is 5.69 Å². The van der Waals surface area contributed by atoms with Crippen molar-refractivity contribution in [3.63, 3.8) is 0 Å². The molecular weight excluding hydrogens is 308 g/mol. The van der Waals surface area contributed by atoms with Crippen molar-refractivity contribution in [2.45, 2.75) is 25.4 Å². The van der Waals surface area contributed by atoms with Gasteiger partial charge in [0.15, 0.2) is 0 Å². The molecule has 0 aromatic carbocycles. The van der Waals surface area contributed by atoms with E-state index in [-0.39, 0.29) is 11.9 Å². The molecule has 3 N–H and O–H groups in total. The van der Waals surface area contributed by atoms with Crippen LogP contribution in [0, 0.1) is 0 Å². The standard InChI is InChI=1S/C10H15BrN2O5/c1-6(18-8(5-14)7(15)4-11)13-3-2-9(16)12-10(13)17/h2-3,6-8,14-15H,4-5H2,1H3,(H,12,16,17)/t6-,7-,8?/m1/s1. The van der Waals surface area contributed by atoms with Gasteiger partial charge in [0.25, 0.3) is 5.56 Å². The molecule has 0 radical (unpaired) electrons. The smallest absolute Gasteiger partial charge is 0.330 e. The van der Waals surface area contributed by atoms with E-state index in [4.69, 9.17) is 9.84 Å². The zero-order valence-electron chi connectivity index (χ0n) is 9.75. The minimum Gasteiger partial charge on any atom is -0.394 e. The molecule has 8 heteroatoms. The van der Waals surface area contributed by atoms with Crippen molar-refractivity contribution in [3.8, 4) is 0 Å². The first kappa shape index (κ1) is 15.1. The second-order valence-electron chi connectivity index (χ2n) is 3.70. The Labute approximate surface area is 111 Å². The van der Waals surface area contributed by atoms with Crippen LogP contribution in [0.3, 0.4) is 0 Å². The summed E-state index contributed by atoms with van der Waals surface area (Å²) in [5.74, 6) is 0. The predicted octanol–water partition coefficient (Wildman–Crippen LogP) is -0.812. The molecule has 18 heavy (non-hydrogen) atoms. The summed E-state index contributed by atoms with van der Waals surface area (Å²) in [6.07, 6.45) is -1.14. The summed E-state index contributed by atoms with van der Waals surface area (Å²) < 4.78 is 6.53. The summed E-state index contributed by atoms with van der Waals surface area (Å²) in [5.41, 5.74) is -1.11. The third-order valence-electron chi connectivity index (χ3n) is 2.38. The molecule has 1 heterocycles. The maximum absolute atomic E-state index is 11.5. The van der Waals surface area contributed by atoms with Gasteiger partial charge in [0.1, 0.15) is 12.3 Å². The van der Waals surface area contributed by atoms with Crippen LogP contribution < -0.4 is 11.2 Å². The summed E-state index contributed by atoms with van der Waals surface area (Å²) in [6.45, 7) is 1.19. The van der Waals surface area contributed by atoms with Crippen LogP contribution >= 0.6 is 15.9 Å². The van der Waals surface area contributed by atoms with Gasteiger partial charge in [0, 0.05) is 17.6 Å². The maximum atomic E-state index is 11.5. The Kier molecular flexibility index (Phi) is 5.73. The molecule has 0 saturated heterocycles. The number of nitrogens with zero attached hydrogens (tertiary/aromatic N) is 1. The third kappa shape index (κ3) is 3.77. The lowest BCUT2D eigenvalue weighted by Gasteiger charge is -2.24. The van der Waals surface area contributed by atoms with Gasteiger partial charge in [0.05, 0.1) is 12.7 Å². The molecule has 0 bridgehead atoms. The second-order valence-corrected chi connectivity index (χ2v) is 4.34. The van der Waals surface area contributed by atoms with Gasteiger partial charge in [-0.05, 0) is 6.92 Å². The first-order valence-corrected chi connectivity index (χ1v) is 6.43. The number of hydrogen-bond donors (Lipinski definition) is 3. The average Bonchev–Trinajstić information content (AvgIpc) is 2.34. The monoisotopic (exact) mass is 322 g/mol. The number of alkyl halides is 1. The number of rotatable bonds is 6. The lowest BCUT2D eigenvalue weighted by molar-refractivity contribution is -0.111. The molecule has 0 aliphatic heterocycles. The molecule has 3 atom stereocenters. The van der Waals surface area contributed by atoms with E-state index >= 15 is 0 Å². The van der Waals surface area contributed by atoms with E-state index in [1.54, 1.807) is 6.92 Å². The Morgan fingerprint density at radius 1 is 1.56 bits per heavy atom. The molecule has 1 rings (SSSR count). The molecule has 0 aliphatic rings. The quantitative estimate of drug-likeness (QED) is 0.594. The number of H-pyrrole nitrogens is 1. The van der Waals surface area contributed by atoms with Crippen molar-refractivity contribution in [3.05, 3.63) is 33.1 Å². The van der Waals surface area contributed by atoms with Gasteiger partial charge in [-0.2, -0.15) is 0 Å². The van der Waals surface area contributed by atoms with Crippen LogP contribution in [0.15, 0.2) is 21.9 Å². The van der Waals surface area contributed by atoms with Crippen LogP contribution in [-0.4, -0.2) is 43.9 Å². The van der Waals surface area contributed by atoms with E-state index in [0.717, 1.165) is 4.57 Å². The normalized spacial score (nSPS) is 16.2. The van der Waals surface area contributed by atoms with Gasteiger partial charge < -0.3 is 14.9 Å². The van der Waals surface area contributed by atoms with Gasteiger partial charge in [-0.15, -0.1) is 0 Å². The Bertz CT molecular complexity index is 486. The first-order valence-electron chi connectivity index (χ1n) is 5.31. The molecule has 1 aromatic heterocycles. The number of aliphatic hydroxyl groups is 2. The van der Waals surface area contributed by atoms with Crippen molar-refractivity contribution in [1.29, 1.82) is 0 Å². The Morgan fingerprint density at radius 2 is 2.22 bits per heavy atom. The average molecular weight is 323 g/mol. The molecule has 0 fully saturated rings. The summed E-state index contributed by atoms with van der Waals surface area (Å²) in [4.78, 5) is 24.5. The fourth-order valence-corrected chi connectivity index (χ4v) is 1.80. The molecule has 102 valence electrons.